The fourth-order valence-corrected chi connectivity index (χ4v) is 3.83. The van der Waals surface area contributed by atoms with E-state index in [0.717, 1.165) is 0 Å². The number of aryl methyl sites for hydroxylation is 3. The van der Waals surface area contributed by atoms with Crippen molar-refractivity contribution in [1.82, 2.24) is 0 Å². The van der Waals surface area contributed by atoms with E-state index in [1.54, 1.807) is 26.8 Å². The predicted octanol–water partition coefficient (Wildman–Crippen LogP) is 4.67. The summed E-state index contributed by atoms with van der Waals surface area (Å²) in [6, 6.07) is 7.06. The summed E-state index contributed by atoms with van der Waals surface area (Å²) >= 11 is 5.99. The zero-order valence-electron chi connectivity index (χ0n) is 13.2. The molecule has 2 rings (SSSR count). The first-order chi connectivity index (χ1) is 11.1. The van der Waals surface area contributed by atoms with Crippen LogP contribution >= 0.6 is 11.6 Å². The standard InChI is InChI=1S/C16H16ClF2NO3S/c1-9-8-15(11(3)7-13(9)17)24(21,22)20-14-5-4-12(6-10(14)2)23-16(18)19/h4-8,16,20H,1-3H3. The second kappa shape index (κ2) is 6.94. The minimum absolute atomic E-state index is 0.0380. The Morgan fingerprint density at radius 1 is 1.04 bits per heavy atom. The van der Waals surface area contributed by atoms with Crippen molar-refractivity contribution >= 4 is 27.3 Å². The minimum atomic E-state index is -3.84. The number of rotatable bonds is 5. The molecule has 0 saturated heterocycles. The van der Waals surface area contributed by atoms with Crippen molar-refractivity contribution in [3.05, 3.63) is 52.0 Å². The normalized spacial score (nSPS) is 11.6. The zero-order chi connectivity index (χ0) is 18.1. The van der Waals surface area contributed by atoms with Gasteiger partial charge in [0.1, 0.15) is 5.75 Å². The van der Waals surface area contributed by atoms with E-state index in [1.807, 2.05) is 0 Å². The monoisotopic (exact) mass is 375 g/mol. The molecule has 0 aliphatic rings. The number of ether oxygens (including phenoxy) is 1. The average molecular weight is 376 g/mol. The molecule has 8 heteroatoms. The van der Waals surface area contributed by atoms with Gasteiger partial charge in [-0.1, -0.05) is 11.6 Å². The molecule has 0 saturated carbocycles. The molecule has 0 atom stereocenters. The number of benzene rings is 2. The average Bonchev–Trinajstić information content (AvgIpc) is 2.45. The molecule has 0 aromatic heterocycles. The fraction of sp³-hybridized carbons (Fsp3) is 0.250. The minimum Gasteiger partial charge on any atom is -0.435 e. The third-order valence-corrected chi connectivity index (χ3v) is 5.33. The van der Waals surface area contributed by atoms with E-state index in [9.17, 15) is 17.2 Å². The number of hydrogen-bond acceptors (Lipinski definition) is 3. The van der Waals surface area contributed by atoms with Crippen LogP contribution in [0.1, 0.15) is 16.7 Å². The summed E-state index contributed by atoms with van der Waals surface area (Å²) in [4.78, 5) is 0.108. The Morgan fingerprint density at radius 2 is 1.71 bits per heavy atom. The molecule has 2 aromatic carbocycles. The molecule has 0 amide bonds. The molecule has 130 valence electrons. The molecule has 0 aliphatic heterocycles. The molecule has 1 N–H and O–H groups in total. The van der Waals surface area contributed by atoms with Crippen molar-refractivity contribution in [1.29, 1.82) is 0 Å². The number of alkyl halides is 2. The topological polar surface area (TPSA) is 55.4 Å². The van der Waals surface area contributed by atoms with Crippen molar-refractivity contribution in [2.45, 2.75) is 32.3 Å². The van der Waals surface area contributed by atoms with Gasteiger partial charge >= 0.3 is 6.61 Å². The lowest BCUT2D eigenvalue weighted by Gasteiger charge is -2.14. The van der Waals surface area contributed by atoms with Gasteiger partial charge in [-0.05, 0) is 67.8 Å². The quantitative estimate of drug-likeness (QED) is 0.826. The Balaban J connectivity index is 2.35. The summed E-state index contributed by atoms with van der Waals surface area (Å²) in [5.41, 5.74) is 1.89. The molecule has 0 unspecified atom stereocenters. The molecule has 0 bridgehead atoms. The molecule has 0 spiro atoms. The number of sulfonamides is 1. The molecule has 0 aliphatic carbocycles. The van der Waals surface area contributed by atoms with Crippen LogP contribution in [0.15, 0.2) is 35.2 Å². The molecule has 0 heterocycles. The highest BCUT2D eigenvalue weighted by atomic mass is 35.5. The summed E-state index contributed by atoms with van der Waals surface area (Å²) in [5, 5.41) is 0.483. The van der Waals surface area contributed by atoms with Crippen molar-refractivity contribution in [3.8, 4) is 5.75 Å². The second-order valence-corrected chi connectivity index (χ2v) is 7.39. The summed E-state index contributed by atoms with van der Waals surface area (Å²) < 4.78 is 56.4. The molecular weight excluding hydrogens is 360 g/mol. The maximum absolute atomic E-state index is 12.6. The van der Waals surface area contributed by atoms with Crippen molar-refractivity contribution in [2.75, 3.05) is 4.72 Å². The fourth-order valence-electron chi connectivity index (χ4n) is 2.17. The van der Waals surface area contributed by atoms with Gasteiger partial charge in [0.05, 0.1) is 10.6 Å². The lowest BCUT2D eigenvalue weighted by molar-refractivity contribution is -0.0498. The predicted molar refractivity (Wildman–Crippen MR) is 89.5 cm³/mol. The molecular formula is C16H16ClF2NO3S. The largest absolute Gasteiger partial charge is 0.435 e. The number of nitrogens with one attached hydrogen (secondary N) is 1. The Labute approximate surface area is 144 Å². The highest BCUT2D eigenvalue weighted by Crippen LogP contribution is 2.28. The molecule has 0 radical (unpaired) electrons. The van der Waals surface area contributed by atoms with Crippen LogP contribution in [0.25, 0.3) is 0 Å². The van der Waals surface area contributed by atoms with Gasteiger partial charge in [0, 0.05) is 5.02 Å². The summed E-state index contributed by atoms with van der Waals surface area (Å²) in [5.74, 6) is -0.0380. The van der Waals surface area contributed by atoms with Crippen LogP contribution < -0.4 is 9.46 Å². The van der Waals surface area contributed by atoms with Gasteiger partial charge in [-0.25, -0.2) is 8.42 Å². The number of hydrogen-bond donors (Lipinski definition) is 1. The Bertz CT molecular complexity index is 870. The Morgan fingerprint density at radius 3 is 2.29 bits per heavy atom. The van der Waals surface area contributed by atoms with Crippen LogP contribution in [-0.2, 0) is 10.0 Å². The highest BCUT2D eigenvalue weighted by Gasteiger charge is 2.19. The van der Waals surface area contributed by atoms with E-state index in [4.69, 9.17) is 11.6 Å². The smallest absolute Gasteiger partial charge is 0.387 e. The van der Waals surface area contributed by atoms with Crippen LogP contribution in [0.3, 0.4) is 0 Å². The molecule has 24 heavy (non-hydrogen) atoms. The Kier molecular flexibility index (Phi) is 5.35. The van der Waals surface area contributed by atoms with Gasteiger partial charge in [0.15, 0.2) is 0 Å². The number of halogens is 3. The summed E-state index contributed by atoms with van der Waals surface area (Å²) in [7, 11) is -3.84. The SMILES string of the molecule is Cc1cc(S(=O)(=O)Nc2ccc(OC(F)F)cc2C)c(C)cc1Cl. The van der Waals surface area contributed by atoms with Crippen LogP contribution in [0.4, 0.5) is 14.5 Å². The van der Waals surface area contributed by atoms with Crippen LogP contribution in [0, 0.1) is 20.8 Å². The van der Waals surface area contributed by atoms with Gasteiger partial charge in [-0.3, -0.25) is 4.72 Å². The van der Waals surface area contributed by atoms with E-state index in [1.165, 1.54) is 24.3 Å². The highest BCUT2D eigenvalue weighted by molar-refractivity contribution is 7.92. The first-order valence-electron chi connectivity index (χ1n) is 6.95. The first-order valence-corrected chi connectivity index (χ1v) is 8.81. The molecule has 4 nitrogen and oxygen atoms in total. The van der Waals surface area contributed by atoms with Crippen LogP contribution in [-0.4, -0.2) is 15.0 Å². The van der Waals surface area contributed by atoms with E-state index >= 15 is 0 Å². The van der Waals surface area contributed by atoms with E-state index in [2.05, 4.69) is 9.46 Å². The van der Waals surface area contributed by atoms with E-state index in [0.29, 0.717) is 21.7 Å². The van der Waals surface area contributed by atoms with Gasteiger partial charge in [-0.15, -0.1) is 0 Å². The first kappa shape index (κ1) is 18.5. The van der Waals surface area contributed by atoms with Crippen molar-refractivity contribution in [2.24, 2.45) is 0 Å². The lowest BCUT2D eigenvalue weighted by Crippen LogP contribution is -2.15. The van der Waals surface area contributed by atoms with Gasteiger partial charge in [0.25, 0.3) is 10.0 Å². The van der Waals surface area contributed by atoms with Gasteiger partial charge < -0.3 is 4.74 Å². The van der Waals surface area contributed by atoms with E-state index in [-0.39, 0.29) is 16.3 Å². The maximum Gasteiger partial charge on any atom is 0.387 e. The Hall–Kier alpha value is -1.86. The third kappa shape index (κ3) is 4.15. The summed E-state index contributed by atoms with van der Waals surface area (Å²) in [6.45, 7) is 2.01. The maximum atomic E-state index is 12.6. The molecule has 2 aromatic rings. The second-order valence-electron chi connectivity index (χ2n) is 5.33. The third-order valence-electron chi connectivity index (χ3n) is 3.41. The zero-order valence-corrected chi connectivity index (χ0v) is 14.8. The van der Waals surface area contributed by atoms with Crippen molar-refractivity contribution < 1.29 is 21.9 Å². The molecule has 0 fully saturated rings. The van der Waals surface area contributed by atoms with Gasteiger partial charge in [0.2, 0.25) is 0 Å². The van der Waals surface area contributed by atoms with Crippen molar-refractivity contribution in [3.63, 3.8) is 0 Å². The number of anilines is 1. The summed E-state index contributed by atoms with van der Waals surface area (Å²) in [6.07, 6.45) is 0. The van der Waals surface area contributed by atoms with E-state index < -0.39 is 16.6 Å². The van der Waals surface area contributed by atoms with Gasteiger partial charge in [-0.2, -0.15) is 8.78 Å². The van der Waals surface area contributed by atoms with Crippen LogP contribution in [0.5, 0.6) is 5.75 Å². The lowest BCUT2D eigenvalue weighted by atomic mass is 10.2. The van der Waals surface area contributed by atoms with Crippen LogP contribution in [0.2, 0.25) is 5.02 Å².